The van der Waals surface area contributed by atoms with Crippen molar-refractivity contribution in [3.8, 4) is 10.4 Å². The van der Waals surface area contributed by atoms with Crippen molar-refractivity contribution in [3.05, 3.63) is 70.6 Å². The molecule has 0 unspecified atom stereocenters. The highest BCUT2D eigenvalue weighted by Crippen LogP contribution is 2.32. The molecule has 1 fully saturated rings. The third-order valence-corrected chi connectivity index (χ3v) is 7.90. The third kappa shape index (κ3) is 6.78. The number of fused-ring (bicyclic) bond motifs is 1. The maximum Gasteiger partial charge on any atom is 0.412 e. The monoisotopic (exact) mass is 561 g/mol. The van der Waals surface area contributed by atoms with Gasteiger partial charge < -0.3 is 14.4 Å². The van der Waals surface area contributed by atoms with Gasteiger partial charge in [0.1, 0.15) is 5.60 Å². The van der Waals surface area contributed by atoms with E-state index in [0.29, 0.717) is 29.8 Å². The summed E-state index contributed by atoms with van der Waals surface area (Å²) in [4.78, 5) is 44.1. The van der Waals surface area contributed by atoms with E-state index in [4.69, 9.17) is 9.47 Å². The fourth-order valence-corrected chi connectivity index (χ4v) is 5.74. The van der Waals surface area contributed by atoms with Crippen LogP contribution in [-0.2, 0) is 27.1 Å². The van der Waals surface area contributed by atoms with Crippen molar-refractivity contribution in [2.75, 3.05) is 49.6 Å². The Labute approximate surface area is 238 Å². The lowest BCUT2D eigenvalue weighted by molar-refractivity contribution is -0.117. The molecule has 0 aliphatic carbocycles. The standard InChI is InChI=1S/C31H35N3O5S/c1-31(2,3)39-30(37)32-25-8-6-22(28-5-4-16-40-28)18-23(25)19-27(35)21-7-9-26-24(17-21)20-29(36)34(26)11-10-33-12-14-38-15-13-33/h4-9,16-18H,10-15,19-20H2,1-3H3,(H,32,37). The van der Waals surface area contributed by atoms with Crippen LogP contribution in [0.1, 0.15) is 42.3 Å². The molecular weight excluding hydrogens is 526 g/mol. The number of carbonyl (C=O) groups excluding carboxylic acids is 3. The van der Waals surface area contributed by atoms with Crippen molar-refractivity contribution in [3.63, 3.8) is 0 Å². The fraction of sp³-hybridized carbons (Fsp3) is 0.387. The van der Waals surface area contributed by atoms with Crippen molar-refractivity contribution >= 4 is 40.5 Å². The Morgan fingerprint density at radius 3 is 2.58 bits per heavy atom. The first-order chi connectivity index (χ1) is 19.2. The average Bonchev–Trinajstić information content (AvgIpc) is 3.55. The van der Waals surface area contributed by atoms with Crippen molar-refractivity contribution in [1.82, 2.24) is 4.90 Å². The van der Waals surface area contributed by atoms with Gasteiger partial charge >= 0.3 is 6.09 Å². The molecule has 40 heavy (non-hydrogen) atoms. The Morgan fingerprint density at radius 1 is 1.05 bits per heavy atom. The summed E-state index contributed by atoms with van der Waals surface area (Å²) < 4.78 is 10.9. The van der Waals surface area contributed by atoms with Gasteiger partial charge in [0, 0.05) is 54.4 Å². The number of carbonyl (C=O) groups is 3. The van der Waals surface area contributed by atoms with Crippen LogP contribution in [0, 0.1) is 0 Å². The maximum atomic E-state index is 13.5. The van der Waals surface area contributed by atoms with E-state index in [-0.39, 0.29) is 18.1 Å². The number of Topliss-reactive ketones (excluding diaryl/α,β-unsaturated/α-hetero) is 1. The summed E-state index contributed by atoms with van der Waals surface area (Å²) in [6.45, 7) is 10.0. The molecule has 0 bridgehead atoms. The first-order valence-electron chi connectivity index (χ1n) is 13.6. The zero-order valence-corrected chi connectivity index (χ0v) is 24.0. The SMILES string of the molecule is CC(C)(C)OC(=O)Nc1ccc(-c2cccs2)cc1CC(=O)c1ccc2c(c1)CC(=O)N2CCN1CCOCC1. The van der Waals surface area contributed by atoms with Gasteiger partial charge in [-0.3, -0.25) is 19.8 Å². The number of anilines is 2. The van der Waals surface area contributed by atoms with Crippen LogP contribution in [0.3, 0.4) is 0 Å². The van der Waals surface area contributed by atoms with Gasteiger partial charge in [0.2, 0.25) is 5.91 Å². The van der Waals surface area contributed by atoms with E-state index in [9.17, 15) is 14.4 Å². The molecule has 0 radical (unpaired) electrons. The molecule has 1 N–H and O–H groups in total. The molecule has 8 nitrogen and oxygen atoms in total. The van der Waals surface area contributed by atoms with E-state index in [0.717, 1.165) is 54.5 Å². The Morgan fingerprint density at radius 2 is 1.85 bits per heavy atom. The van der Waals surface area contributed by atoms with Crippen molar-refractivity contribution in [1.29, 1.82) is 0 Å². The predicted octanol–water partition coefficient (Wildman–Crippen LogP) is 5.41. The van der Waals surface area contributed by atoms with Crippen LogP contribution in [0.25, 0.3) is 10.4 Å². The van der Waals surface area contributed by atoms with Gasteiger partial charge in [0.05, 0.1) is 19.6 Å². The van der Waals surface area contributed by atoms with Gasteiger partial charge in [-0.15, -0.1) is 11.3 Å². The van der Waals surface area contributed by atoms with E-state index in [1.807, 2.05) is 52.7 Å². The number of morpholine rings is 1. The molecule has 3 heterocycles. The number of thiophene rings is 1. The summed E-state index contributed by atoms with van der Waals surface area (Å²) in [7, 11) is 0. The Kier molecular flexibility index (Phi) is 8.35. The highest BCUT2D eigenvalue weighted by molar-refractivity contribution is 7.13. The van der Waals surface area contributed by atoms with Crippen LogP contribution in [0.5, 0.6) is 0 Å². The second kappa shape index (κ2) is 11.9. The molecule has 2 aromatic carbocycles. The van der Waals surface area contributed by atoms with E-state index < -0.39 is 11.7 Å². The molecule has 0 atom stereocenters. The van der Waals surface area contributed by atoms with Gasteiger partial charge in [-0.1, -0.05) is 12.1 Å². The summed E-state index contributed by atoms with van der Waals surface area (Å²) in [5.41, 5.74) is 3.86. The number of hydrogen-bond donors (Lipinski definition) is 1. The summed E-state index contributed by atoms with van der Waals surface area (Å²) >= 11 is 1.61. The Bertz CT molecular complexity index is 1390. The first kappa shape index (κ1) is 28.0. The third-order valence-electron chi connectivity index (χ3n) is 6.98. The summed E-state index contributed by atoms with van der Waals surface area (Å²) in [6.07, 6.45) is -0.185. The molecule has 2 aliphatic heterocycles. The minimum Gasteiger partial charge on any atom is -0.444 e. The van der Waals surface area contributed by atoms with Gasteiger partial charge in [0.15, 0.2) is 5.78 Å². The fourth-order valence-electron chi connectivity index (χ4n) is 5.01. The lowest BCUT2D eigenvalue weighted by Crippen LogP contribution is -2.42. The van der Waals surface area contributed by atoms with E-state index in [1.54, 1.807) is 38.2 Å². The highest BCUT2D eigenvalue weighted by Gasteiger charge is 2.28. The molecule has 5 rings (SSSR count). The van der Waals surface area contributed by atoms with Gasteiger partial charge in [-0.2, -0.15) is 0 Å². The first-order valence-corrected chi connectivity index (χ1v) is 14.5. The second-order valence-corrected chi connectivity index (χ2v) is 12.0. The molecule has 1 saturated heterocycles. The van der Waals surface area contributed by atoms with Crippen LogP contribution in [0.4, 0.5) is 16.2 Å². The molecule has 2 aliphatic rings. The minimum absolute atomic E-state index is 0.0559. The predicted molar refractivity (Wildman–Crippen MR) is 157 cm³/mol. The largest absolute Gasteiger partial charge is 0.444 e. The van der Waals surface area contributed by atoms with E-state index >= 15 is 0 Å². The number of nitrogens with zero attached hydrogens (tertiary/aromatic N) is 2. The summed E-state index contributed by atoms with van der Waals surface area (Å²) in [5, 5.41) is 4.82. The van der Waals surface area contributed by atoms with E-state index in [2.05, 4.69) is 10.2 Å². The number of amides is 2. The Hall–Kier alpha value is -3.53. The lowest BCUT2D eigenvalue weighted by Gasteiger charge is -2.28. The van der Waals surface area contributed by atoms with Crippen LogP contribution in [0.15, 0.2) is 53.9 Å². The number of benzene rings is 2. The second-order valence-electron chi connectivity index (χ2n) is 11.1. The van der Waals surface area contributed by atoms with Crippen molar-refractivity contribution < 1.29 is 23.9 Å². The summed E-state index contributed by atoms with van der Waals surface area (Å²) in [5.74, 6) is -0.0297. The maximum absolute atomic E-state index is 13.5. The normalized spacial score (nSPS) is 15.7. The van der Waals surface area contributed by atoms with Crippen molar-refractivity contribution in [2.24, 2.45) is 0 Å². The van der Waals surface area contributed by atoms with Gasteiger partial charge in [-0.05, 0) is 79.2 Å². The molecule has 210 valence electrons. The molecule has 0 saturated carbocycles. The molecule has 1 aromatic heterocycles. The molecular formula is C31H35N3O5S. The Balaban J connectivity index is 1.33. The zero-order chi connectivity index (χ0) is 28.3. The van der Waals surface area contributed by atoms with Gasteiger partial charge in [-0.25, -0.2) is 4.79 Å². The minimum atomic E-state index is -0.644. The highest BCUT2D eigenvalue weighted by atomic mass is 32.1. The van der Waals surface area contributed by atoms with Gasteiger partial charge in [0.25, 0.3) is 0 Å². The average molecular weight is 562 g/mol. The van der Waals surface area contributed by atoms with E-state index in [1.165, 1.54) is 0 Å². The molecule has 9 heteroatoms. The molecule has 0 spiro atoms. The van der Waals surface area contributed by atoms with Crippen molar-refractivity contribution in [2.45, 2.75) is 39.2 Å². The zero-order valence-electron chi connectivity index (χ0n) is 23.2. The summed E-state index contributed by atoms with van der Waals surface area (Å²) in [6, 6.07) is 15.2. The molecule has 2 amide bonds. The number of nitrogens with one attached hydrogen (secondary N) is 1. The number of rotatable bonds is 8. The molecule has 3 aromatic rings. The topological polar surface area (TPSA) is 88.2 Å². The van der Waals surface area contributed by atoms with Crippen LogP contribution in [-0.4, -0.2) is 67.7 Å². The van der Waals surface area contributed by atoms with Crippen LogP contribution < -0.4 is 10.2 Å². The van der Waals surface area contributed by atoms with Crippen LogP contribution in [0.2, 0.25) is 0 Å². The number of ether oxygens (including phenoxy) is 2. The quantitative estimate of drug-likeness (QED) is 0.370. The smallest absolute Gasteiger partial charge is 0.412 e. The van der Waals surface area contributed by atoms with Crippen LogP contribution >= 0.6 is 11.3 Å². The lowest BCUT2D eigenvalue weighted by atomic mass is 9.97. The number of ketones is 1. The number of hydrogen-bond acceptors (Lipinski definition) is 7.